The van der Waals surface area contributed by atoms with Gasteiger partial charge >= 0.3 is 0 Å². The highest BCUT2D eigenvalue weighted by atomic mass is 14.5. The lowest BCUT2D eigenvalue weighted by Gasteiger charge is -2.06. The molecule has 1 nitrogen and oxygen atoms in total. The van der Waals surface area contributed by atoms with Crippen LogP contribution in [-0.4, -0.2) is 6.54 Å². The number of fused-ring (bicyclic) bond motifs is 1. The first-order valence-electron chi connectivity index (χ1n) is 5.21. The van der Waals surface area contributed by atoms with Crippen LogP contribution < -0.4 is 5.73 Å². The van der Waals surface area contributed by atoms with Crippen molar-refractivity contribution in [3.05, 3.63) is 34.9 Å². The Labute approximate surface area is 80.0 Å². The molecule has 2 rings (SSSR count). The smallest absolute Gasteiger partial charge is 0.00741 e. The number of nitrogens with two attached hydrogens (primary N) is 1. The Morgan fingerprint density at radius 2 is 2.15 bits per heavy atom. The van der Waals surface area contributed by atoms with Gasteiger partial charge in [0.15, 0.2) is 0 Å². The molecule has 0 aliphatic heterocycles. The van der Waals surface area contributed by atoms with E-state index in [1.54, 1.807) is 16.7 Å². The Hall–Kier alpha value is -0.820. The minimum Gasteiger partial charge on any atom is -0.330 e. The van der Waals surface area contributed by atoms with Crippen molar-refractivity contribution in [2.45, 2.75) is 32.1 Å². The molecule has 0 aromatic heterocycles. The molecule has 1 heteroatoms. The molecule has 2 N–H and O–H groups in total. The molecule has 1 aliphatic rings. The second-order valence-corrected chi connectivity index (χ2v) is 3.80. The van der Waals surface area contributed by atoms with E-state index in [4.69, 9.17) is 5.73 Å². The second-order valence-electron chi connectivity index (χ2n) is 3.80. The van der Waals surface area contributed by atoms with Crippen molar-refractivity contribution in [2.24, 2.45) is 5.73 Å². The molecule has 0 radical (unpaired) electrons. The summed E-state index contributed by atoms with van der Waals surface area (Å²) in [5, 5.41) is 0. The van der Waals surface area contributed by atoms with E-state index < -0.39 is 0 Å². The first-order valence-corrected chi connectivity index (χ1v) is 5.21. The topological polar surface area (TPSA) is 26.0 Å². The largest absolute Gasteiger partial charge is 0.330 e. The molecule has 1 aromatic rings. The van der Waals surface area contributed by atoms with Crippen LogP contribution in [0.25, 0.3) is 0 Å². The molecular weight excluding hydrogens is 158 g/mol. The van der Waals surface area contributed by atoms with Gasteiger partial charge in [-0.05, 0) is 55.3 Å². The van der Waals surface area contributed by atoms with Crippen LogP contribution in [0.15, 0.2) is 18.2 Å². The summed E-state index contributed by atoms with van der Waals surface area (Å²) in [6, 6.07) is 6.73. The van der Waals surface area contributed by atoms with Crippen molar-refractivity contribution in [3.8, 4) is 0 Å². The molecule has 0 heterocycles. The first-order chi connectivity index (χ1) is 6.42. The molecule has 0 bridgehead atoms. The van der Waals surface area contributed by atoms with Gasteiger partial charge in [0.1, 0.15) is 0 Å². The van der Waals surface area contributed by atoms with E-state index in [1.165, 1.54) is 25.7 Å². The molecule has 0 fully saturated rings. The maximum atomic E-state index is 5.52. The predicted octanol–water partition coefficient (Wildman–Crippen LogP) is 2.07. The fourth-order valence-corrected chi connectivity index (χ4v) is 2.23. The van der Waals surface area contributed by atoms with E-state index >= 15 is 0 Å². The molecule has 1 aromatic carbocycles. The fourth-order valence-electron chi connectivity index (χ4n) is 2.23. The van der Waals surface area contributed by atoms with Crippen molar-refractivity contribution < 1.29 is 0 Å². The normalized spacial score (nSPS) is 14.5. The predicted molar refractivity (Wildman–Crippen MR) is 55.8 cm³/mol. The summed E-state index contributed by atoms with van der Waals surface area (Å²) >= 11 is 0. The maximum absolute atomic E-state index is 5.52. The average Bonchev–Trinajstić information content (AvgIpc) is 2.62. The third-order valence-electron chi connectivity index (χ3n) is 2.89. The second kappa shape index (κ2) is 3.93. The summed E-state index contributed by atoms with van der Waals surface area (Å²) in [7, 11) is 0. The van der Waals surface area contributed by atoms with Gasteiger partial charge in [-0.3, -0.25) is 0 Å². The molecular formula is C12H17N. The van der Waals surface area contributed by atoms with E-state index in [0.29, 0.717) is 0 Å². The minimum absolute atomic E-state index is 0.809. The first kappa shape index (κ1) is 8.76. The van der Waals surface area contributed by atoms with Crippen molar-refractivity contribution in [3.63, 3.8) is 0 Å². The molecule has 0 saturated carbocycles. The van der Waals surface area contributed by atoms with Gasteiger partial charge in [-0.15, -0.1) is 0 Å². The van der Waals surface area contributed by atoms with Crippen LogP contribution in [0.3, 0.4) is 0 Å². The van der Waals surface area contributed by atoms with Crippen LogP contribution in [-0.2, 0) is 19.3 Å². The van der Waals surface area contributed by atoms with Gasteiger partial charge < -0.3 is 5.73 Å². The van der Waals surface area contributed by atoms with E-state index in [-0.39, 0.29) is 0 Å². The zero-order chi connectivity index (χ0) is 9.10. The van der Waals surface area contributed by atoms with Gasteiger partial charge in [0.25, 0.3) is 0 Å². The monoisotopic (exact) mass is 175 g/mol. The summed E-state index contributed by atoms with van der Waals surface area (Å²) in [5.41, 5.74) is 10.3. The summed E-state index contributed by atoms with van der Waals surface area (Å²) in [4.78, 5) is 0. The Balaban J connectivity index is 2.20. The highest BCUT2D eigenvalue weighted by molar-refractivity contribution is 5.38. The molecule has 0 atom stereocenters. The van der Waals surface area contributed by atoms with Crippen LogP contribution in [0.4, 0.5) is 0 Å². The van der Waals surface area contributed by atoms with Crippen LogP contribution in [0.2, 0.25) is 0 Å². The number of hydrogen-bond acceptors (Lipinski definition) is 1. The van der Waals surface area contributed by atoms with E-state index in [2.05, 4.69) is 18.2 Å². The zero-order valence-electron chi connectivity index (χ0n) is 8.05. The molecule has 1 aliphatic carbocycles. The number of hydrogen-bond donors (Lipinski definition) is 1. The standard InChI is InChI=1S/C12H17N/c13-9-3-7-11-5-1-4-10-6-2-8-12(10)11/h1,4-5H,2-3,6-9,13H2. The summed E-state index contributed by atoms with van der Waals surface area (Å²) in [5.74, 6) is 0. The number of rotatable bonds is 3. The fraction of sp³-hybridized carbons (Fsp3) is 0.500. The lowest BCUT2D eigenvalue weighted by Crippen LogP contribution is -2.02. The quantitative estimate of drug-likeness (QED) is 0.747. The molecule has 0 unspecified atom stereocenters. The SMILES string of the molecule is NCCCc1cccc2c1CCC2. The van der Waals surface area contributed by atoms with Gasteiger partial charge in [-0.25, -0.2) is 0 Å². The molecule has 0 spiro atoms. The van der Waals surface area contributed by atoms with Gasteiger partial charge in [-0.2, -0.15) is 0 Å². The van der Waals surface area contributed by atoms with Gasteiger partial charge in [0.2, 0.25) is 0 Å². The van der Waals surface area contributed by atoms with Gasteiger partial charge in [0.05, 0.1) is 0 Å². The lowest BCUT2D eigenvalue weighted by molar-refractivity contribution is 0.820. The minimum atomic E-state index is 0.809. The Bertz CT molecular complexity index is 291. The van der Waals surface area contributed by atoms with Crippen molar-refractivity contribution >= 4 is 0 Å². The average molecular weight is 175 g/mol. The number of aryl methyl sites for hydroxylation is 2. The Morgan fingerprint density at radius 3 is 3.00 bits per heavy atom. The van der Waals surface area contributed by atoms with Gasteiger partial charge in [0, 0.05) is 0 Å². The van der Waals surface area contributed by atoms with Gasteiger partial charge in [-0.1, -0.05) is 18.2 Å². The van der Waals surface area contributed by atoms with E-state index in [0.717, 1.165) is 13.0 Å². The van der Waals surface area contributed by atoms with Crippen LogP contribution in [0, 0.1) is 0 Å². The molecule has 70 valence electrons. The third-order valence-corrected chi connectivity index (χ3v) is 2.89. The molecule has 0 amide bonds. The van der Waals surface area contributed by atoms with Crippen molar-refractivity contribution in [1.29, 1.82) is 0 Å². The number of benzene rings is 1. The van der Waals surface area contributed by atoms with Crippen LogP contribution in [0.1, 0.15) is 29.5 Å². The van der Waals surface area contributed by atoms with E-state index in [9.17, 15) is 0 Å². The highest BCUT2D eigenvalue weighted by Crippen LogP contribution is 2.25. The van der Waals surface area contributed by atoms with Crippen molar-refractivity contribution in [2.75, 3.05) is 6.54 Å². The third kappa shape index (κ3) is 1.75. The van der Waals surface area contributed by atoms with Crippen LogP contribution in [0.5, 0.6) is 0 Å². The Morgan fingerprint density at radius 1 is 1.23 bits per heavy atom. The summed E-state index contributed by atoms with van der Waals surface area (Å²) in [6.07, 6.45) is 6.20. The van der Waals surface area contributed by atoms with Crippen molar-refractivity contribution in [1.82, 2.24) is 0 Å². The van der Waals surface area contributed by atoms with E-state index in [1.807, 2.05) is 0 Å². The summed E-state index contributed by atoms with van der Waals surface area (Å²) < 4.78 is 0. The van der Waals surface area contributed by atoms with Crippen LogP contribution >= 0.6 is 0 Å². The zero-order valence-corrected chi connectivity index (χ0v) is 8.05. The maximum Gasteiger partial charge on any atom is -0.00741 e. The summed E-state index contributed by atoms with van der Waals surface area (Å²) in [6.45, 7) is 0.809. The highest BCUT2D eigenvalue weighted by Gasteiger charge is 2.13. The lowest BCUT2D eigenvalue weighted by atomic mass is 10.00. The molecule has 0 saturated heterocycles. The Kier molecular flexibility index (Phi) is 2.65. The molecule has 13 heavy (non-hydrogen) atoms.